The molecule has 146 valence electrons. The van der Waals surface area contributed by atoms with E-state index in [1.807, 2.05) is 12.2 Å². The van der Waals surface area contributed by atoms with Crippen LogP contribution in [0.4, 0.5) is 10.1 Å². The number of hydrogen-bond acceptors (Lipinski definition) is 6. The smallest absolute Gasteiger partial charge is 0.283 e. The van der Waals surface area contributed by atoms with Crippen LogP contribution in [0, 0.1) is 39.6 Å². The van der Waals surface area contributed by atoms with E-state index in [0.717, 1.165) is 23.6 Å². The lowest BCUT2D eigenvalue weighted by Gasteiger charge is -2.13. The van der Waals surface area contributed by atoms with E-state index in [4.69, 9.17) is 4.42 Å². The number of hydrazone groups is 1. The van der Waals surface area contributed by atoms with Crippen molar-refractivity contribution in [2.24, 2.45) is 28.8 Å². The number of allylic oxidation sites excluding steroid dienone is 2. The number of nitro benzene ring substituents is 1. The van der Waals surface area contributed by atoms with E-state index >= 15 is 0 Å². The van der Waals surface area contributed by atoms with E-state index in [1.165, 1.54) is 24.4 Å². The highest BCUT2D eigenvalue weighted by Gasteiger charge is 2.59. The summed E-state index contributed by atoms with van der Waals surface area (Å²) in [6.45, 7) is 0. The second-order valence-electron chi connectivity index (χ2n) is 7.35. The van der Waals surface area contributed by atoms with Gasteiger partial charge in [0.1, 0.15) is 17.3 Å². The highest BCUT2D eigenvalue weighted by atomic mass is 19.1. The topological polar surface area (TPSA) is 106 Å². The minimum Gasteiger partial charge on any atom is -0.455 e. The number of halogens is 1. The summed E-state index contributed by atoms with van der Waals surface area (Å²) in [5.74, 6) is -1.50. The number of imide groups is 1. The van der Waals surface area contributed by atoms with Gasteiger partial charge in [0.25, 0.3) is 17.5 Å². The van der Waals surface area contributed by atoms with Crippen molar-refractivity contribution in [2.45, 2.75) is 6.42 Å². The summed E-state index contributed by atoms with van der Waals surface area (Å²) < 4.78 is 18.9. The summed E-state index contributed by atoms with van der Waals surface area (Å²) in [4.78, 5) is 35.7. The summed E-state index contributed by atoms with van der Waals surface area (Å²) in [5, 5.41) is 16.1. The fourth-order valence-electron chi connectivity index (χ4n) is 4.55. The van der Waals surface area contributed by atoms with Crippen molar-refractivity contribution >= 4 is 23.7 Å². The number of hydrogen-bond donors (Lipinski definition) is 0. The van der Waals surface area contributed by atoms with Crippen LogP contribution in [0.15, 0.2) is 52.0 Å². The molecule has 0 radical (unpaired) electrons. The molecule has 29 heavy (non-hydrogen) atoms. The number of nitrogens with zero attached hydrogens (tertiary/aromatic N) is 3. The van der Waals surface area contributed by atoms with Crippen molar-refractivity contribution in [1.29, 1.82) is 0 Å². The molecule has 4 atom stereocenters. The lowest BCUT2D eigenvalue weighted by molar-refractivity contribution is -0.384. The monoisotopic (exact) mass is 395 g/mol. The zero-order chi connectivity index (χ0) is 20.3. The quantitative estimate of drug-likeness (QED) is 0.260. The lowest BCUT2D eigenvalue weighted by atomic mass is 9.85. The molecular formula is C20H14FN3O5. The van der Waals surface area contributed by atoms with Gasteiger partial charge in [0, 0.05) is 0 Å². The van der Waals surface area contributed by atoms with Crippen LogP contribution < -0.4 is 0 Å². The van der Waals surface area contributed by atoms with Gasteiger partial charge in [0.05, 0.1) is 34.6 Å². The average Bonchev–Trinajstić information content (AvgIpc) is 3.46. The zero-order valence-corrected chi connectivity index (χ0v) is 14.9. The Morgan fingerprint density at radius 2 is 1.83 bits per heavy atom. The summed E-state index contributed by atoms with van der Waals surface area (Å²) in [5.41, 5.74) is -0.315. The number of furan rings is 1. The summed E-state index contributed by atoms with van der Waals surface area (Å²) in [6.07, 6.45) is 6.06. The summed E-state index contributed by atoms with van der Waals surface area (Å²) in [7, 11) is 0. The predicted octanol–water partition coefficient (Wildman–Crippen LogP) is 3.13. The lowest BCUT2D eigenvalue weighted by Crippen LogP contribution is -2.28. The first-order chi connectivity index (χ1) is 13.9. The molecule has 5 rings (SSSR count). The molecule has 1 saturated carbocycles. The molecule has 0 spiro atoms. The van der Waals surface area contributed by atoms with E-state index in [2.05, 4.69) is 5.10 Å². The van der Waals surface area contributed by atoms with Crippen molar-refractivity contribution in [3.8, 4) is 11.3 Å². The largest absolute Gasteiger partial charge is 0.455 e. The van der Waals surface area contributed by atoms with Crippen molar-refractivity contribution in [3.05, 3.63) is 64.2 Å². The molecule has 1 aliphatic heterocycles. The molecule has 3 aliphatic rings. The van der Waals surface area contributed by atoms with Crippen LogP contribution in [0.2, 0.25) is 0 Å². The maximum absolute atomic E-state index is 13.3. The normalized spacial score (nSPS) is 27.4. The van der Waals surface area contributed by atoms with Gasteiger partial charge in [-0.15, -0.1) is 0 Å². The van der Waals surface area contributed by atoms with Crippen molar-refractivity contribution in [3.63, 3.8) is 0 Å². The minimum absolute atomic E-state index is 0.0934. The molecule has 2 heterocycles. The Labute approximate surface area is 163 Å². The van der Waals surface area contributed by atoms with Crippen LogP contribution in [-0.2, 0) is 9.59 Å². The Morgan fingerprint density at radius 3 is 2.48 bits per heavy atom. The second-order valence-corrected chi connectivity index (χ2v) is 7.35. The minimum atomic E-state index is -0.728. The molecule has 2 amide bonds. The molecule has 0 N–H and O–H groups in total. The Balaban J connectivity index is 1.39. The Bertz CT molecular complexity index is 1090. The number of benzene rings is 1. The molecule has 2 bridgehead atoms. The van der Waals surface area contributed by atoms with E-state index in [9.17, 15) is 24.1 Å². The number of carbonyl (C=O) groups is 2. The standard InChI is InChI=1S/C20H14FN3O5/c21-12-3-5-14(15(8-12)24(27)28)16-6-4-13(29-16)9-22-23-19(25)17-10-1-2-11(7-10)18(17)20(23)26/h1-6,8-11,17-18H,7H2/b22-9-/t10-,11-,17+,18+/m0/s1. The van der Waals surface area contributed by atoms with Crippen molar-refractivity contribution in [2.75, 3.05) is 0 Å². The summed E-state index contributed by atoms with van der Waals surface area (Å²) in [6, 6.07) is 6.15. The SMILES string of the molecule is O=C1[C@H]2[C@H](C(=O)N1/N=C\c1ccc(-c3ccc(F)cc3[N+](=O)[O-])o1)[C@H]1C=C[C@H]2C1. The van der Waals surface area contributed by atoms with E-state index < -0.39 is 16.4 Å². The molecule has 1 aromatic carbocycles. The van der Waals surface area contributed by atoms with Crippen LogP contribution in [0.5, 0.6) is 0 Å². The van der Waals surface area contributed by atoms with Gasteiger partial charge < -0.3 is 4.42 Å². The molecule has 8 nitrogen and oxygen atoms in total. The Morgan fingerprint density at radius 1 is 1.14 bits per heavy atom. The molecule has 1 aromatic heterocycles. The maximum Gasteiger partial charge on any atom is 0.283 e. The molecular weight excluding hydrogens is 381 g/mol. The van der Waals surface area contributed by atoms with Gasteiger partial charge in [-0.25, -0.2) is 4.39 Å². The van der Waals surface area contributed by atoms with Crippen molar-refractivity contribution in [1.82, 2.24) is 5.01 Å². The third kappa shape index (κ3) is 2.61. The number of rotatable bonds is 4. The van der Waals surface area contributed by atoms with Gasteiger partial charge in [-0.1, -0.05) is 12.2 Å². The Hall–Kier alpha value is -3.62. The van der Waals surface area contributed by atoms with Gasteiger partial charge in [-0.2, -0.15) is 10.1 Å². The van der Waals surface area contributed by atoms with E-state index in [0.29, 0.717) is 0 Å². The second kappa shape index (κ2) is 6.20. The van der Waals surface area contributed by atoms with Crippen LogP contribution in [0.25, 0.3) is 11.3 Å². The third-order valence-electron chi connectivity index (χ3n) is 5.80. The average molecular weight is 395 g/mol. The molecule has 2 aliphatic carbocycles. The van der Waals surface area contributed by atoms with Crippen LogP contribution in [0.1, 0.15) is 12.2 Å². The van der Waals surface area contributed by atoms with E-state index in [1.54, 1.807) is 0 Å². The van der Waals surface area contributed by atoms with E-state index in [-0.39, 0.29) is 52.6 Å². The third-order valence-corrected chi connectivity index (χ3v) is 5.80. The van der Waals surface area contributed by atoms with Gasteiger partial charge in [-0.05, 0) is 42.5 Å². The summed E-state index contributed by atoms with van der Waals surface area (Å²) >= 11 is 0. The van der Waals surface area contributed by atoms with Crippen molar-refractivity contribution < 1.29 is 23.3 Å². The highest BCUT2D eigenvalue weighted by molar-refractivity contribution is 6.06. The van der Waals surface area contributed by atoms with Gasteiger partial charge >= 0.3 is 0 Å². The Kier molecular flexibility index (Phi) is 3.73. The van der Waals surface area contributed by atoms with Crippen LogP contribution >= 0.6 is 0 Å². The fraction of sp³-hybridized carbons (Fsp3) is 0.250. The maximum atomic E-state index is 13.3. The number of nitro groups is 1. The highest BCUT2D eigenvalue weighted by Crippen LogP contribution is 2.52. The van der Waals surface area contributed by atoms with Gasteiger partial charge in [-0.3, -0.25) is 19.7 Å². The molecule has 9 heteroatoms. The number of carbonyl (C=O) groups excluding carboxylic acids is 2. The number of fused-ring (bicyclic) bond motifs is 5. The van der Waals surface area contributed by atoms with Gasteiger partial charge in [0.15, 0.2) is 0 Å². The molecule has 0 unspecified atom stereocenters. The van der Waals surface area contributed by atoms with Crippen LogP contribution in [0.3, 0.4) is 0 Å². The van der Waals surface area contributed by atoms with Gasteiger partial charge in [0.2, 0.25) is 0 Å². The molecule has 1 saturated heterocycles. The first kappa shape index (κ1) is 17.5. The van der Waals surface area contributed by atoms with Crippen LogP contribution in [-0.4, -0.2) is 28.0 Å². The first-order valence-electron chi connectivity index (χ1n) is 9.08. The molecule has 2 aromatic rings. The predicted molar refractivity (Wildman–Crippen MR) is 97.9 cm³/mol. The molecule has 2 fully saturated rings. The zero-order valence-electron chi connectivity index (χ0n) is 14.9. The fourth-order valence-corrected chi connectivity index (χ4v) is 4.55. The first-order valence-corrected chi connectivity index (χ1v) is 9.08. The number of amides is 2.